The van der Waals surface area contributed by atoms with Crippen molar-refractivity contribution in [1.29, 1.82) is 0 Å². The average molecular weight is 461 g/mol. The van der Waals surface area contributed by atoms with Crippen LogP contribution in [0.25, 0.3) is 11.0 Å². The molecule has 1 aliphatic carbocycles. The first-order valence-corrected chi connectivity index (χ1v) is 12.1. The van der Waals surface area contributed by atoms with Gasteiger partial charge in [-0.2, -0.15) is 0 Å². The van der Waals surface area contributed by atoms with Crippen LogP contribution in [0.1, 0.15) is 55.7 Å². The average Bonchev–Trinajstić information content (AvgIpc) is 3.22. The number of aromatic nitrogens is 2. The highest BCUT2D eigenvalue weighted by Crippen LogP contribution is 2.33. The summed E-state index contributed by atoms with van der Waals surface area (Å²) in [5.41, 5.74) is 1.48. The number of amides is 2. The second kappa shape index (κ2) is 8.78. The Hall–Kier alpha value is -3.35. The fourth-order valence-corrected chi connectivity index (χ4v) is 5.39. The van der Waals surface area contributed by atoms with Crippen LogP contribution in [0.3, 0.4) is 0 Å². The number of methoxy groups -OCH3 is 1. The van der Waals surface area contributed by atoms with Gasteiger partial charge >= 0.3 is 0 Å². The summed E-state index contributed by atoms with van der Waals surface area (Å²) >= 11 is 0. The van der Waals surface area contributed by atoms with Gasteiger partial charge in [-0.15, -0.1) is 0 Å². The molecule has 34 heavy (non-hydrogen) atoms. The maximum atomic E-state index is 13.9. The molecule has 3 atom stereocenters. The van der Waals surface area contributed by atoms with Crippen molar-refractivity contribution in [3.8, 4) is 5.75 Å². The molecule has 0 unspecified atom stereocenters. The Morgan fingerprint density at radius 1 is 1.18 bits per heavy atom. The Labute approximate surface area is 200 Å². The predicted molar refractivity (Wildman–Crippen MR) is 131 cm³/mol. The quantitative estimate of drug-likeness (QED) is 0.621. The smallest absolute Gasteiger partial charge is 0.291 e. The summed E-state index contributed by atoms with van der Waals surface area (Å²) in [6.07, 6.45) is 4.42. The van der Waals surface area contributed by atoms with Crippen molar-refractivity contribution >= 4 is 22.8 Å². The van der Waals surface area contributed by atoms with Gasteiger partial charge in [0.25, 0.3) is 5.91 Å². The molecule has 0 bridgehead atoms. The minimum atomic E-state index is -1.06. The first kappa shape index (κ1) is 22.4. The van der Waals surface area contributed by atoms with Crippen molar-refractivity contribution in [1.82, 2.24) is 19.8 Å². The van der Waals surface area contributed by atoms with Crippen LogP contribution in [-0.4, -0.2) is 45.0 Å². The minimum absolute atomic E-state index is 0.106. The van der Waals surface area contributed by atoms with Crippen LogP contribution in [0.15, 0.2) is 48.5 Å². The molecule has 1 fully saturated rings. The lowest BCUT2D eigenvalue weighted by Crippen LogP contribution is -2.65. The standard InChI is InChI=1S/C27H32N4O3/c1-18-9-4-5-12-21(18)29-26(33)27(2)17-30-23-14-7-6-13-22(23)28-24(30)25(32)31(27)16-19-10-8-11-20(15-19)34-3/h6-8,10-11,13-15,18,21H,4-5,9,12,16-17H2,1-3H3,(H,29,33)/t18-,21-,27+/m0/s1. The third kappa shape index (κ3) is 3.83. The minimum Gasteiger partial charge on any atom is -0.497 e. The number of para-hydroxylation sites is 2. The Morgan fingerprint density at radius 2 is 1.97 bits per heavy atom. The molecule has 2 heterocycles. The van der Waals surface area contributed by atoms with Crippen molar-refractivity contribution in [3.05, 3.63) is 59.9 Å². The lowest BCUT2D eigenvalue weighted by molar-refractivity contribution is -0.134. The molecule has 1 saturated carbocycles. The molecule has 0 spiro atoms. The maximum absolute atomic E-state index is 13.9. The van der Waals surface area contributed by atoms with Gasteiger partial charge in [-0.05, 0) is 55.5 Å². The molecule has 3 aromatic rings. The highest BCUT2D eigenvalue weighted by molar-refractivity contribution is 6.01. The molecule has 7 heteroatoms. The number of nitrogens with one attached hydrogen (secondary N) is 1. The molecule has 0 saturated heterocycles. The molecule has 1 N–H and O–H groups in total. The number of benzene rings is 2. The summed E-state index contributed by atoms with van der Waals surface area (Å²) < 4.78 is 7.29. The first-order chi connectivity index (χ1) is 16.4. The van der Waals surface area contributed by atoms with Crippen molar-refractivity contribution in [2.45, 2.75) is 64.2 Å². The number of ether oxygens (including phenoxy) is 1. The van der Waals surface area contributed by atoms with Crippen LogP contribution in [0.4, 0.5) is 0 Å². The summed E-state index contributed by atoms with van der Waals surface area (Å²) in [4.78, 5) is 34.1. The van der Waals surface area contributed by atoms with Crippen LogP contribution < -0.4 is 10.1 Å². The summed E-state index contributed by atoms with van der Waals surface area (Å²) in [7, 11) is 1.62. The van der Waals surface area contributed by atoms with Gasteiger partial charge in [0.15, 0.2) is 5.82 Å². The molecule has 1 aliphatic heterocycles. The van der Waals surface area contributed by atoms with Gasteiger partial charge in [0.05, 0.1) is 24.7 Å². The summed E-state index contributed by atoms with van der Waals surface area (Å²) in [5, 5.41) is 3.32. The SMILES string of the molecule is COc1cccc(CN2C(=O)c3nc4ccccc4n3C[C@]2(C)C(=O)N[C@H]2CCCC[C@@H]2C)c1. The van der Waals surface area contributed by atoms with E-state index >= 15 is 0 Å². The van der Waals surface area contributed by atoms with E-state index in [0.717, 1.165) is 41.6 Å². The van der Waals surface area contributed by atoms with E-state index in [4.69, 9.17) is 4.74 Å². The number of nitrogens with zero attached hydrogens (tertiary/aromatic N) is 3. The molecule has 2 aromatic carbocycles. The Bertz CT molecular complexity index is 1240. The Balaban J connectivity index is 1.55. The van der Waals surface area contributed by atoms with E-state index in [1.165, 1.54) is 6.42 Å². The number of carbonyl (C=O) groups excluding carboxylic acids is 2. The predicted octanol–water partition coefficient (Wildman–Crippen LogP) is 4.15. The summed E-state index contributed by atoms with van der Waals surface area (Å²) in [5.74, 6) is 1.18. The van der Waals surface area contributed by atoms with E-state index in [1.807, 2.05) is 60.0 Å². The fourth-order valence-electron chi connectivity index (χ4n) is 5.39. The molecule has 2 aliphatic rings. The van der Waals surface area contributed by atoms with Crippen molar-refractivity contribution in [3.63, 3.8) is 0 Å². The van der Waals surface area contributed by atoms with Gasteiger partial charge in [-0.25, -0.2) is 4.98 Å². The molecule has 2 amide bonds. The Kier molecular flexibility index (Phi) is 5.80. The molecule has 7 nitrogen and oxygen atoms in total. The molecule has 1 aromatic heterocycles. The highest BCUT2D eigenvalue weighted by atomic mass is 16.5. The van der Waals surface area contributed by atoms with E-state index in [9.17, 15) is 9.59 Å². The molecule has 5 rings (SSSR count). The monoisotopic (exact) mass is 460 g/mol. The number of hydrogen-bond acceptors (Lipinski definition) is 4. The van der Waals surface area contributed by atoms with Gasteiger partial charge in [0, 0.05) is 12.6 Å². The number of imidazole rings is 1. The topological polar surface area (TPSA) is 76.5 Å². The van der Waals surface area contributed by atoms with Crippen LogP contribution in [-0.2, 0) is 17.9 Å². The number of carbonyl (C=O) groups is 2. The third-order valence-electron chi connectivity index (χ3n) is 7.54. The zero-order valence-corrected chi connectivity index (χ0v) is 20.1. The van der Waals surface area contributed by atoms with Crippen molar-refractivity contribution in [2.24, 2.45) is 5.92 Å². The van der Waals surface area contributed by atoms with E-state index in [-0.39, 0.29) is 17.9 Å². The van der Waals surface area contributed by atoms with Crippen molar-refractivity contribution < 1.29 is 14.3 Å². The van der Waals surface area contributed by atoms with Gasteiger partial charge in [-0.3, -0.25) is 9.59 Å². The van der Waals surface area contributed by atoms with E-state index in [1.54, 1.807) is 12.0 Å². The lowest BCUT2D eigenvalue weighted by atomic mass is 9.85. The molecule has 0 radical (unpaired) electrons. The van der Waals surface area contributed by atoms with Crippen molar-refractivity contribution in [2.75, 3.05) is 7.11 Å². The molecular formula is C27H32N4O3. The molecule has 178 valence electrons. The van der Waals surface area contributed by atoms with Gasteiger partial charge < -0.3 is 19.5 Å². The summed E-state index contributed by atoms with van der Waals surface area (Å²) in [6.45, 7) is 4.73. The van der Waals surface area contributed by atoms with Crippen LogP contribution in [0.2, 0.25) is 0 Å². The fraction of sp³-hybridized carbons (Fsp3) is 0.444. The van der Waals surface area contributed by atoms with Gasteiger partial charge in [0.2, 0.25) is 5.91 Å². The van der Waals surface area contributed by atoms with E-state index in [0.29, 0.717) is 24.8 Å². The van der Waals surface area contributed by atoms with E-state index in [2.05, 4.69) is 17.2 Å². The van der Waals surface area contributed by atoms with Crippen LogP contribution >= 0.6 is 0 Å². The highest BCUT2D eigenvalue weighted by Gasteiger charge is 2.49. The maximum Gasteiger partial charge on any atom is 0.291 e. The van der Waals surface area contributed by atoms with Gasteiger partial charge in [-0.1, -0.05) is 44.0 Å². The third-order valence-corrected chi connectivity index (χ3v) is 7.54. The van der Waals surface area contributed by atoms with Crippen LogP contribution in [0.5, 0.6) is 5.75 Å². The first-order valence-electron chi connectivity index (χ1n) is 12.1. The second-order valence-electron chi connectivity index (χ2n) is 9.87. The number of rotatable bonds is 5. The van der Waals surface area contributed by atoms with Gasteiger partial charge in [0.1, 0.15) is 11.3 Å². The van der Waals surface area contributed by atoms with Crippen LogP contribution in [0, 0.1) is 5.92 Å². The zero-order chi connectivity index (χ0) is 23.9. The lowest BCUT2D eigenvalue weighted by Gasteiger charge is -2.44. The normalized spacial score (nSPS) is 24.7. The number of hydrogen-bond donors (Lipinski definition) is 1. The Morgan fingerprint density at radius 3 is 2.76 bits per heavy atom. The number of fused-ring (bicyclic) bond motifs is 3. The van der Waals surface area contributed by atoms with E-state index < -0.39 is 5.54 Å². The molecular weight excluding hydrogens is 428 g/mol. The summed E-state index contributed by atoms with van der Waals surface area (Å²) in [6, 6.07) is 15.5. The second-order valence-corrected chi connectivity index (χ2v) is 9.87. The zero-order valence-electron chi connectivity index (χ0n) is 20.1. The largest absolute Gasteiger partial charge is 0.497 e.